The molecule has 3 aliphatic rings. The van der Waals surface area contributed by atoms with Gasteiger partial charge in [0.15, 0.2) is 0 Å². The van der Waals surface area contributed by atoms with Crippen molar-refractivity contribution in [2.45, 2.75) is 67.3 Å². The van der Waals surface area contributed by atoms with Crippen LogP contribution in [0.4, 0.5) is 0 Å². The Bertz CT molecular complexity index is 1090. The minimum atomic E-state index is -3.85. The van der Waals surface area contributed by atoms with Crippen molar-refractivity contribution in [2.24, 2.45) is 0 Å². The highest BCUT2D eigenvalue weighted by Gasteiger charge is 2.61. The van der Waals surface area contributed by atoms with Gasteiger partial charge in [0.25, 0.3) is 0 Å². The number of rotatable bonds is 4. The van der Waals surface area contributed by atoms with Crippen LogP contribution in [0.3, 0.4) is 0 Å². The Morgan fingerprint density at radius 1 is 0.900 bits per heavy atom. The van der Waals surface area contributed by atoms with E-state index in [1.54, 1.807) is 42.5 Å². The second kappa shape index (κ2) is 7.31. The van der Waals surface area contributed by atoms with E-state index in [0.717, 1.165) is 32.1 Å². The molecule has 0 saturated heterocycles. The first-order valence-corrected chi connectivity index (χ1v) is 12.1. The van der Waals surface area contributed by atoms with Gasteiger partial charge in [0, 0.05) is 12.0 Å². The molecule has 0 aliphatic heterocycles. The molecule has 2 aromatic rings. The number of ether oxygens (including phenoxy) is 1. The molecular weight excluding hydrogens is 400 g/mol. The average Bonchev–Trinajstić information content (AvgIpc) is 3.18. The van der Waals surface area contributed by atoms with Crippen LogP contribution in [0, 0.1) is 0 Å². The van der Waals surface area contributed by atoms with Gasteiger partial charge in [-0.1, -0.05) is 61.7 Å². The lowest BCUT2D eigenvalue weighted by Crippen LogP contribution is -2.44. The van der Waals surface area contributed by atoms with Crippen molar-refractivity contribution >= 4 is 14.7 Å². The van der Waals surface area contributed by atoms with Crippen LogP contribution in [0.1, 0.15) is 49.7 Å². The summed E-state index contributed by atoms with van der Waals surface area (Å²) in [6.07, 6.45) is 2.73. The standard InChI is InChI=1S/C24H26O5S/c25-21-15-20-22(30(27,28)17-11-5-2-6-12-17)18-13-7-8-14-19(18)24(20,23(21)26)29-16-9-3-1-4-10-16/h2,5-8,11-14,16,21,23,25-26H,1,3-4,9-10,15H2/t21-,23-,24-/m0/s1. The summed E-state index contributed by atoms with van der Waals surface area (Å²) in [4.78, 5) is 0.377. The first kappa shape index (κ1) is 19.9. The third-order valence-corrected chi connectivity index (χ3v) is 8.61. The van der Waals surface area contributed by atoms with Crippen LogP contribution in [0.5, 0.6) is 0 Å². The monoisotopic (exact) mass is 426 g/mol. The molecule has 0 bridgehead atoms. The fraction of sp³-hybridized carbons (Fsp3) is 0.417. The number of fused-ring (bicyclic) bond motifs is 3. The van der Waals surface area contributed by atoms with Crippen molar-refractivity contribution in [3.05, 3.63) is 71.3 Å². The Morgan fingerprint density at radius 3 is 2.30 bits per heavy atom. The van der Waals surface area contributed by atoms with Gasteiger partial charge >= 0.3 is 0 Å². The van der Waals surface area contributed by atoms with Crippen molar-refractivity contribution in [1.29, 1.82) is 0 Å². The number of hydrogen-bond donors (Lipinski definition) is 2. The van der Waals surface area contributed by atoms with E-state index in [4.69, 9.17) is 4.74 Å². The summed E-state index contributed by atoms with van der Waals surface area (Å²) in [7, 11) is -3.85. The zero-order valence-electron chi connectivity index (χ0n) is 16.7. The van der Waals surface area contributed by atoms with E-state index in [0.29, 0.717) is 16.7 Å². The van der Waals surface area contributed by atoms with Crippen LogP contribution in [0.25, 0.3) is 4.91 Å². The molecule has 0 radical (unpaired) electrons. The van der Waals surface area contributed by atoms with Gasteiger partial charge in [0.05, 0.1) is 22.0 Å². The Kier molecular flexibility index (Phi) is 4.86. The molecule has 0 aromatic heterocycles. The van der Waals surface area contributed by atoms with Crippen LogP contribution >= 0.6 is 0 Å². The minimum absolute atomic E-state index is 0.0689. The third-order valence-electron chi connectivity index (χ3n) is 6.72. The molecule has 3 aliphatic carbocycles. The molecule has 30 heavy (non-hydrogen) atoms. The Morgan fingerprint density at radius 2 is 1.57 bits per heavy atom. The average molecular weight is 427 g/mol. The van der Waals surface area contributed by atoms with Crippen LogP contribution in [-0.2, 0) is 20.2 Å². The number of hydrogen-bond acceptors (Lipinski definition) is 5. The molecule has 2 aromatic carbocycles. The first-order chi connectivity index (χ1) is 14.5. The predicted molar refractivity (Wildman–Crippen MR) is 113 cm³/mol. The van der Waals surface area contributed by atoms with Crippen molar-refractivity contribution < 1.29 is 23.4 Å². The van der Waals surface area contributed by atoms with Crippen LogP contribution in [-0.4, -0.2) is 36.9 Å². The largest absolute Gasteiger partial charge is 0.390 e. The normalized spacial score (nSPS) is 29.1. The van der Waals surface area contributed by atoms with E-state index < -0.39 is 27.6 Å². The molecule has 0 spiro atoms. The number of sulfone groups is 1. The molecule has 5 nitrogen and oxygen atoms in total. The van der Waals surface area contributed by atoms with E-state index in [9.17, 15) is 18.6 Å². The quantitative estimate of drug-likeness (QED) is 0.781. The van der Waals surface area contributed by atoms with Crippen molar-refractivity contribution in [2.75, 3.05) is 0 Å². The zero-order valence-corrected chi connectivity index (χ0v) is 17.5. The van der Waals surface area contributed by atoms with Crippen molar-refractivity contribution in [3.63, 3.8) is 0 Å². The Hall–Kier alpha value is -1.99. The second-order valence-corrected chi connectivity index (χ2v) is 10.4. The molecule has 3 atom stereocenters. The summed E-state index contributed by atoms with van der Waals surface area (Å²) >= 11 is 0. The number of benzene rings is 2. The van der Waals surface area contributed by atoms with Crippen LogP contribution < -0.4 is 0 Å². The highest BCUT2D eigenvalue weighted by atomic mass is 32.2. The van der Waals surface area contributed by atoms with Gasteiger partial charge < -0.3 is 14.9 Å². The summed E-state index contributed by atoms with van der Waals surface area (Å²) in [5, 5.41) is 21.8. The lowest BCUT2D eigenvalue weighted by molar-refractivity contribution is -0.152. The topological polar surface area (TPSA) is 83.8 Å². The summed E-state index contributed by atoms with van der Waals surface area (Å²) in [6, 6.07) is 15.6. The fourth-order valence-corrected chi connectivity index (χ4v) is 7.13. The van der Waals surface area contributed by atoms with Gasteiger partial charge in [-0.3, -0.25) is 0 Å². The highest BCUT2D eigenvalue weighted by molar-refractivity contribution is 8.00. The molecule has 0 unspecified atom stereocenters. The van der Waals surface area contributed by atoms with Crippen LogP contribution in [0.15, 0.2) is 65.1 Å². The van der Waals surface area contributed by atoms with Crippen molar-refractivity contribution in [3.8, 4) is 0 Å². The van der Waals surface area contributed by atoms with Gasteiger partial charge in [-0.2, -0.15) is 0 Å². The zero-order chi connectivity index (χ0) is 20.9. The van der Waals surface area contributed by atoms with E-state index in [2.05, 4.69) is 0 Å². The minimum Gasteiger partial charge on any atom is -0.390 e. The molecule has 2 fully saturated rings. The maximum absolute atomic E-state index is 13.7. The number of aliphatic hydroxyl groups is 2. The summed E-state index contributed by atoms with van der Waals surface area (Å²) in [5.74, 6) is 0. The molecular formula is C24H26O5S. The molecule has 0 amide bonds. The van der Waals surface area contributed by atoms with E-state index >= 15 is 0 Å². The smallest absolute Gasteiger partial charge is 0.207 e. The second-order valence-electron chi connectivity index (χ2n) is 8.50. The van der Waals surface area contributed by atoms with Crippen LogP contribution in [0.2, 0.25) is 0 Å². The van der Waals surface area contributed by atoms with Gasteiger partial charge in [-0.25, -0.2) is 8.42 Å². The summed E-state index contributed by atoms with van der Waals surface area (Å²) < 4.78 is 34.0. The maximum Gasteiger partial charge on any atom is 0.207 e. The molecule has 0 heterocycles. The highest BCUT2D eigenvalue weighted by Crippen LogP contribution is 2.58. The van der Waals surface area contributed by atoms with E-state index in [-0.39, 0.29) is 22.3 Å². The molecule has 5 rings (SSSR count). The third kappa shape index (κ3) is 2.82. The molecule has 2 saturated carbocycles. The lowest BCUT2D eigenvalue weighted by atomic mass is 9.88. The van der Waals surface area contributed by atoms with Gasteiger partial charge in [-0.05, 0) is 36.1 Å². The van der Waals surface area contributed by atoms with Gasteiger partial charge in [-0.15, -0.1) is 0 Å². The van der Waals surface area contributed by atoms with Crippen molar-refractivity contribution in [1.82, 2.24) is 0 Å². The number of aliphatic hydroxyl groups excluding tert-OH is 2. The maximum atomic E-state index is 13.7. The van der Waals surface area contributed by atoms with E-state index in [1.165, 1.54) is 0 Å². The molecule has 158 valence electrons. The Labute approximate surface area is 176 Å². The van der Waals surface area contributed by atoms with Gasteiger partial charge in [0.1, 0.15) is 11.7 Å². The van der Waals surface area contributed by atoms with Gasteiger partial charge in [0.2, 0.25) is 9.84 Å². The molecule has 6 heteroatoms. The summed E-state index contributed by atoms with van der Waals surface area (Å²) in [6.45, 7) is 0. The van der Waals surface area contributed by atoms with E-state index in [1.807, 2.05) is 12.1 Å². The predicted octanol–water partition coefficient (Wildman–Crippen LogP) is 3.56. The fourth-order valence-electron chi connectivity index (χ4n) is 5.35. The first-order valence-electron chi connectivity index (χ1n) is 10.6. The lowest BCUT2D eigenvalue weighted by Gasteiger charge is -2.38. The summed E-state index contributed by atoms with van der Waals surface area (Å²) in [5.41, 5.74) is 0.384. The SMILES string of the molecule is O=S(=O)(C1=C2C[C@H](O)[C@H](O)[C@]2(OC2CCCCC2)c2ccccc21)c1ccccc1. The Balaban J connectivity index is 1.74. The molecule has 2 N–H and O–H groups in total.